The Kier molecular flexibility index (Phi) is 4.30. The summed E-state index contributed by atoms with van der Waals surface area (Å²) in [6.07, 6.45) is -0.259. The maximum atomic E-state index is 11.5. The van der Waals surface area contributed by atoms with Gasteiger partial charge in [-0.15, -0.1) is 0 Å². The van der Waals surface area contributed by atoms with E-state index in [0.717, 1.165) is 16.6 Å². The monoisotopic (exact) mass is 272 g/mol. The van der Waals surface area contributed by atoms with Crippen molar-refractivity contribution in [2.75, 3.05) is 0 Å². The number of benzene rings is 1. The molecule has 2 N–H and O–H groups in total. The fourth-order valence-electron chi connectivity index (χ4n) is 1.79. The van der Waals surface area contributed by atoms with Crippen LogP contribution in [-0.4, -0.2) is 23.0 Å². The van der Waals surface area contributed by atoms with E-state index in [4.69, 9.17) is 10.5 Å². The zero-order chi connectivity index (χ0) is 14.5. The number of pyridine rings is 1. The van der Waals surface area contributed by atoms with Gasteiger partial charge in [-0.25, -0.2) is 0 Å². The van der Waals surface area contributed by atoms with Crippen LogP contribution in [0.4, 0.5) is 0 Å². The van der Waals surface area contributed by atoms with E-state index in [2.05, 4.69) is 4.98 Å². The van der Waals surface area contributed by atoms with Crippen LogP contribution in [0.2, 0.25) is 0 Å². The SMILES string of the molecule is C[C@H](OC(=O)CCc1ccc2ccccc2n1)C(N)=O. The zero-order valence-electron chi connectivity index (χ0n) is 11.2. The number of rotatable bonds is 5. The third-order valence-electron chi connectivity index (χ3n) is 2.95. The van der Waals surface area contributed by atoms with Gasteiger partial charge >= 0.3 is 5.97 Å². The molecule has 1 atom stereocenters. The molecule has 0 bridgehead atoms. The lowest BCUT2D eigenvalue weighted by Crippen LogP contribution is -2.30. The van der Waals surface area contributed by atoms with Gasteiger partial charge in [-0.05, 0) is 19.1 Å². The third-order valence-corrected chi connectivity index (χ3v) is 2.95. The summed E-state index contributed by atoms with van der Waals surface area (Å²) in [5.41, 5.74) is 6.73. The lowest BCUT2D eigenvalue weighted by molar-refractivity contribution is -0.153. The van der Waals surface area contributed by atoms with Crippen molar-refractivity contribution in [3.05, 3.63) is 42.1 Å². The molecule has 5 heteroatoms. The second-order valence-electron chi connectivity index (χ2n) is 4.53. The quantitative estimate of drug-likeness (QED) is 0.838. The van der Waals surface area contributed by atoms with Crippen molar-refractivity contribution in [2.45, 2.75) is 25.9 Å². The number of primary amides is 1. The zero-order valence-corrected chi connectivity index (χ0v) is 11.2. The Labute approximate surface area is 116 Å². The Hall–Kier alpha value is -2.43. The van der Waals surface area contributed by atoms with Crippen LogP contribution < -0.4 is 5.73 Å². The number of nitrogens with two attached hydrogens (primary N) is 1. The van der Waals surface area contributed by atoms with Crippen LogP contribution in [-0.2, 0) is 20.7 Å². The summed E-state index contributed by atoms with van der Waals surface area (Å²) in [5.74, 6) is -1.10. The summed E-state index contributed by atoms with van der Waals surface area (Å²) in [6, 6.07) is 11.6. The van der Waals surface area contributed by atoms with Gasteiger partial charge in [0.2, 0.25) is 0 Å². The minimum Gasteiger partial charge on any atom is -0.453 e. The third kappa shape index (κ3) is 3.54. The van der Waals surface area contributed by atoms with Gasteiger partial charge in [0, 0.05) is 17.5 Å². The molecule has 20 heavy (non-hydrogen) atoms. The van der Waals surface area contributed by atoms with Crippen molar-refractivity contribution in [2.24, 2.45) is 5.73 Å². The molecule has 2 rings (SSSR count). The summed E-state index contributed by atoms with van der Waals surface area (Å²) in [7, 11) is 0. The molecule has 0 saturated heterocycles. The molecular weight excluding hydrogens is 256 g/mol. The Bertz CT molecular complexity index is 640. The first-order chi connectivity index (χ1) is 9.56. The smallest absolute Gasteiger partial charge is 0.306 e. The number of amides is 1. The van der Waals surface area contributed by atoms with Crippen LogP contribution in [0.3, 0.4) is 0 Å². The predicted octanol–water partition coefficient (Wildman–Crippen LogP) is 1.58. The second kappa shape index (κ2) is 6.14. The molecule has 0 aliphatic rings. The van der Waals surface area contributed by atoms with E-state index in [9.17, 15) is 9.59 Å². The molecule has 0 saturated carbocycles. The number of esters is 1. The summed E-state index contributed by atoms with van der Waals surface area (Å²) in [6.45, 7) is 1.45. The lowest BCUT2D eigenvalue weighted by atomic mass is 10.1. The van der Waals surface area contributed by atoms with Gasteiger partial charge in [0.1, 0.15) is 0 Å². The predicted molar refractivity (Wildman–Crippen MR) is 74.8 cm³/mol. The van der Waals surface area contributed by atoms with Crippen molar-refractivity contribution in [3.8, 4) is 0 Å². The number of carbonyl (C=O) groups excluding carboxylic acids is 2. The van der Waals surface area contributed by atoms with E-state index in [1.54, 1.807) is 0 Å². The van der Waals surface area contributed by atoms with E-state index in [0.29, 0.717) is 6.42 Å². The average Bonchev–Trinajstić information content (AvgIpc) is 2.44. The lowest BCUT2D eigenvalue weighted by Gasteiger charge is -2.09. The van der Waals surface area contributed by atoms with Crippen LogP contribution in [0.15, 0.2) is 36.4 Å². The number of hydrogen-bond donors (Lipinski definition) is 1. The molecule has 1 aromatic heterocycles. The van der Waals surface area contributed by atoms with E-state index < -0.39 is 18.0 Å². The standard InChI is InChI=1S/C15H16N2O3/c1-10(15(16)19)20-14(18)9-8-12-7-6-11-4-2-3-5-13(11)17-12/h2-7,10H,8-9H2,1H3,(H2,16,19)/t10-/m0/s1. The Morgan fingerprint density at radius 2 is 2.00 bits per heavy atom. The first-order valence-corrected chi connectivity index (χ1v) is 6.40. The highest BCUT2D eigenvalue weighted by Gasteiger charge is 2.14. The molecule has 1 aromatic carbocycles. The number of para-hydroxylation sites is 1. The molecule has 0 spiro atoms. The van der Waals surface area contributed by atoms with Gasteiger partial charge in [-0.1, -0.05) is 24.3 Å². The topological polar surface area (TPSA) is 82.3 Å². The largest absolute Gasteiger partial charge is 0.453 e. The van der Waals surface area contributed by atoms with Gasteiger partial charge in [0.25, 0.3) is 5.91 Å². The van der Waals surface area contributed by atoms with Crippen molar-refractivity contribution < 1.29 is 14.3 Å². The minimum absolute atomic E-state index is 0.170. The number of hydrogen-bond acceptors (Lipinski definition) is 4. The Morgan fingerprint density at radius 1 is 1.25 bits per heavy atom. The first kappa shape index (κ1) is 14.0. The van der Waals surface area contributed by atoms with Crippen molar-refractivity contribution in [3.63, 3.8) is 0 Å². The molecule has 5 nitrogen and oxygen atoms in total. The van der Waals surface area contributed by atoms with Gasteiger partial charge < -0.3 is 10.5 Å². The van der Waals surface area contributed by atoms with Gasteiger partial charge in [-0.3, -0.25) is 14.6 Å². The fourth-order valence-corrected chi connectivity index (χ4v) is 1.79. The molecule has 0 fully saturated rings. The van der Waals surface area contributed by atoms with Crippen LogP contribution >= 0.6 is 0 Å². The van der Waals surface area contributed by atoms with Gasteiger partial charge in [-0.2, -0.15) is 0 Å². The first-order valence-electron chi connectivity index (χ1n) is 6.40. The number of aryl methyl sites for hydroxylation is 1. The minimum atomic E-state index is -0.896. The molecule has 2 aromatic rings. The number of carbonyl (C=O) groups is 2. The summed E-state index contributed by atoms with van der Waals surface area (Å²) in [4.78, 5) is 26.8. The number of fused-ring (bicyclic) bond motifs is 1. The van der Waals surface area contributed by atoms with Crippen LogP contribution in [0, 0.1) is 0 Å². The highest BCUT2D eigenvalue weighted by Crippen LogP contribution is 2.13. The molecule has 0 radical (unpaired) electrons. The van der Waals surface area contributed by atoms with Crippen LogP contribution in [0.1, 0.15) is 19.0 Å². The summed E-state index contributed by atoms with van der Waals surface area (Å²) < 4.78 is 4.88. The molecule has 0 unspecified atom stereocenters. The number of aromatic nitrogens is 1. The van der Waals surface area contributed by atoms with E-state index >= 15 is 0 Å². The Morgan fingerprint density at radius 3 is 2.75 bits per heavy atom. The summed E-state index contributed by atoms with van der Waals surface area (Å²) >= 11 is 0. The van der Waals surface area contributed by atoms with Crippen LogP contribution in [0.5, 0.6) is 0 Å². The second-order valence-corrected chi connectivity index (χ2v) is 4.53. The fraction of sp³-hybridized carbons (Fsp3) is 0.267. The number of ether oxygens (including phenoxy) is 1. The van der Waals surface area contributed by atoms with Gasteiger partial charge in [0.05, 0.1) is 11.9 Å². The van der Waals surface area contributed by atoms with Crippen molar-refractivity contribution >= 4 is 22.8 Å². The molecular formula is C15H16N2O3. The average molecular weight is 272 g/mol. The van der Waals surface area contributed by atoms with Crippen molar-refractivity contribution in [1.29, 1.82) is 0 Å². The highest BCUT2D eigenvalue weighted by molar-refractivity contribution is 5.82. The van der Waals surface area contributed by atoms with E-state index in [-0.39, 0.29) is 6.42 Å². The highest BCUT2D eigenvalue weighted by atomic mass is 16.5. The maximum absolute atomic E-state index is 11.5. The normalized spacial score (nSPS) is 12.1. The van der Waals surface area contributed by atoms with E-state index in [1.807, 2.05) is 36.4 Å². The number of nitrogens with zero attached hydrogens (tertiary/aromatic N) is 1. The molecule has 1 heterocycles. The Balaban J connectivity index is 1.95. The summed E-state index contributed by atoms with van der Waals surface area (Å²) in [5, 5.41) is 1.06. The van der Waals surface area contributed by atoms with E-state index in [1.165, 1.54) is 6.92 Å². The van der Waals surface area contributed by atoms with Crippen LogP contribution in [0.25, 0.3) is 10.9 Å². The maximum Gasteiger partial charge on any atom is 0.306 e. The van der Waals surface area contributed by atoms with Crippen molar-refractivity contribution in [1.82, 2.24) is 4.98 Å². The van der Waals surface area contributed by atoms with Gasteiger partial charge in [0.15, 0.2) is 6.10 Å². The molecule has 104 valence electrons. The molecule has 1 amide bonds. The molecule has 0 aliphatic carbocycles. The molecule has 0 aliphatic heterocycles.